The number of hydrogen-bond acceptors (Lipinski definition) is 0. The Morgan fingerprint density at radius 3 is 0.972 bits per heavy atom. The average Bonchev–Trinajstić information content (AvgIpc) is 1.53. The normalized spacial score (nSPS) is 12.7. The van der Waals surface area contributed by atoms with E-state index in [1.165, 1.54) is 211 Å². The first kappa shape index (κ1) is 103. The molecule has 724 valence electrons. The van der Waals surface area contributed by atoms with Gasteiger partial charge in [-0.1, -0.05) is 589 Å². The van der Waals surface area contributed by atoms with Crippen LogP contribution in [-0.4, -0.2) is 0 Å². The Kier molecular flexibility index (Phi) is 31.3. The van der Waals surface area contributed by atoms with Crippen molar-refractivity contribution in [1.29, 1.82) is 0 Å². The Labute approximate surface area is 863 Å². The van der Waals surface area contributed by atoms with Gasteiger partial charge in [0.05, 0.1) is 5.41 Å². The van der Waals surface area contributed by atoms with Gasteiger partial charge in [-0.3, -0.25) is 0 Å². The zero-order chi connectivity index (χ0) is 102. The molecule has 0 aromatic heterocycles. The van der Waals surface area contributed by atoms with Crippen LogP contribution in [0.3, 0.4) is 0 Å². The monoisotopic (exact) mass is 1880 g/mol. The van der Waals surface area contributed by atoms with Crippen molar-refractivity contribution in [3.63, 3.8) is 0 Å². The first-order valence-electron chi connectivity index (χ1n) is 52.7. The van der Waals surface area contributed by atoms with Crippen LogP contribution in [0.5, 0.6) is 0 Å². The molecule has 0 spiro atoms. The molecule has 0 bridgehead atoms. The van der Waals surface area contributed by atoms with Gasteiger partial charge in [-0.05, 0) is 275 Å². The van der Waals surface area contributed by atoms with Crippen LogP contribution in [0.4, 0.5) is 0 Å². The van der Waals surface area contributed by atoms with Crippen LogP contribution in [-0.2, 0) is 70.0 Å². The third-order valence-electron chi connectivity index (χ3n) is 29.0. The van der Waals surface area contributed by atoms with Crippen molar-refractivity contribution < 1.29 is 0 Å². The second kappa shape index (κ2) is 43.9. The van der Waals surface area contributed by atoms with Crippen molar-refractivity contribution in [3.05, 3.63) is 548 Å². The SMILES string of the molecule is CC.CC.CC(C)(C)c1c(-c2cccc3c2Cc2ccccc2C3)ccc2ccccc12.CC(C)(C)c1c(-c2ccccc2)ccc2c1-c1ccccc1C2.CC(C)(C)c1cccc2c1-c1ccccc1C2(c1ccccc1)c1ccccc1.CC(C)(C)c1ccccc1-c1cccc2c1Cc1ccccc1C2.CC(C)(C)c1ccccc1-c1cccc2ccccc12.CC(C)(C)c1ccccc1-c1ccccc1. The Morgan fingerprint density at radius 1 is 0.167 bits per heavy atom. The number of fused-ring (bicyclic) bond motifs is 12. The predicted octanol–water partition coefficient (Wildman–Crippen LogP) is 39.5. The van der Waals surface area contributed by atoms with Gasteiger partial charge in [-0.15, -0.1) is 0 Å². The molecule has 0 N–H and O–H groups in total. The Balaban J connectivity index is 0.000000124. The van der Waals surface area contributed by atoms with Gasteiger partial charge in [0.2, 0.25) is 0 Å². The molecule has 144 heavy (non-hydrogen) atoms. The molecule has 0 radical (unpaired) electrons. The second-order valence-corrected chi connectivity index (χ2v) is 44.8. The summed E-state index contributed by atoms with van der Waals surface area (Å²) in [6.07, 6.45) is 5.22. The van der Waals surface area contributed by atoms with E-state index in [0.29, 0.717) is 0 Å². The van der Waals surface area contributed by atoms with Crippen molar-refractivity contribution >= 4 is 21.5 Å². The molecule has 23 rings (SSSR count). The fourth-order valence-electron chi connectivity index (χ4n) is 22.6. The molecule has 0 heterocycles. The zero-order valence-electron chi connectivity index (χ0n) is 89.6. The summed E-state index contributed by atoms with van der Waals surface area (Å²) in [5.74, 6) is 0. The summed E-state index contributed by atoms with van der Waals surface area (Å²) >= 11 is 0. The minimum absolute atomic E-state index is 0.0713. The van der Waals surface area contributed by atoms with Crippen molar-refractivity contribution in [2.24, 2.45) is 0 Å². The number of rotatable bonds is 7. The van der Waals surface area contributed by atoms with E-state index in [-0.39, 0.29) is 37.9 Å². The minimum atomic E-state index is -0.296. The summed E-state index contributed by atoms with van der Waals surface area (Å²) < 4.78 is 0. The second-order valence-electron chi connectivity index (χ2n) is 44.8. The maximum atomic E-state index is 2.35. The molecule has 0 saturated heterocycles. The van der Waals surface area contributed by atoms with Gasteiger partial charge in [0.1, 0.15) is 0 Å². The lowest BCUT2D eigenvalue weighted by Gasteiger charge is -2.34. The van der Waals surface area contributed by atoms with E-state index in [2.05, 4.69) is 561 Å². The standard InChI is InChI=1S/C29H26.C28H26.C24H24.C23H22.C20H20.C16H18.2C2H6/c1-28(2,3)25-19-12-20-26-27(25)23-17-10-11-18-24(23)29(26,21-13-6-4-7-14-21)22-15-8-5-9-16-22;1-28(2,3)27-23-13-7-6-9-19(23)15-16-25(27)24-14-8-12-22-17-20-10-4-5-11-21(20)18-26(22)24;1-24(2,3)23-14-7-6-12-21(23)20-13-8-11-19-15-17-9-4-5-10-18(17)16-22(19)20;1-23(2,3)22-20(16-9-5-4-6-10-16)14-13-18-15-17-11-7-8-12-19(17)21(18)22;1-20(2,3)19-14-7-6-12-18(19)17-13-8-10-15-9-4-5-11-16(15)17;1-16(2,3)15-12-8-7-11-14(15)13-9-5-4-6-10-13;2*1-2/h4-20H,1-3H3;4-16H,17-18H2,1-3H3;4-14H,15-16H2,1-3H3;4-14H,15H2,1-3H3;4-14H,1-3H3;4-12H,1-3H3;2*1-2H3. The van der Waals surface area contributed by atoms with Gasteiger partial charge >= 0.3 is 0 Å². The predicted molar refractivity (Wildman–Crippen MR) is 625 cm³/mol. The minimum Gasteiger partial charge on any atom is -0.0683 e. The molecule has 0 unspecified atom stereocenters. The van der Waals surface area contributed by atoms with E-state index >= 15 is 0 Å². The Morgan fingerprint density at radius 2 is 0.479 bits per heavy atom. The Bertz CT molecular complexity index is 7590. The fourth-order valence-corrected chi connectivity index (χ4v) is 22.6. The van der Waals surface area contributed by atoms with Crippen LogP contribution >= 0.6 is 0 Å². The van der Waals surface area contributed by atoms with Gasteiger partial charge in [0, 0.05) is 0 Å². The highest BCUT2D eigenvalue weighted by Crippen LogP contribution is 2.59. The highest BCUT2D eigenvalue weighted by molar-refractivity contribution is 5.98. The van der Waals surface area contributed by atoms with E-state index in [9.17, 15) is 0 Å². The molecule has 0 amide bonds. The highest BCUT2D eigenvalue weighted by atomic mass is 14.5. The molecule has 0 saturated carbocycles. The molecule has 19 aromatic rings. The summed E-state index contributed by atoms with van der Waals surface area (Å²) in [5.41, 5.74) is 48.5. The van der Waals surface area contributed by atoms with Gasteiger partial charge < -0.3 is 0 Å². The van der Waals surface area contributed by atoms with E-state index in [1.54, 1.807) is 0 Å². The van der Waals surface area contributed by atoms with Gasteiger partial charge in [0.15, 0.2) is 0 Å². The van der Waals surface area contributed by atoms with E-state index in [0.717, 1.165) is 32.1 Å². The maximum absolute atomic E-state index is 2.35. The third kappa shape index (κ3) is 21.8. The lowest BCUT2D eigenvalue weighted by molar-refractivity contribution is 0.591. The van der Waals surface area contributed by atoms with Crippen molar-refractivity contribution in [2.75, 3.05) is 0 Å². The lowest BCUT2D eigenvalue weighted by atomic mass is 9.67. The molecule has 19 aromatic carbocycles. The Hall–Kier alpha value is -14.3. The van der Waals surface area contributed by atoms with E-state index in [4.69, 9.17) is 0 Å². The molecule has 0 atom stereocenters. The molecular formula is C144H148. The van der Waals surface area contributed by atoms with Crippen molar-refractivity contribution in [2.45, 2.75) is 222 Å². The van der Waals surface area contributed by atoms with Gasteiger partial charge in [0.25, 0.3) is 0 Å². The summed E-state index contributed by atoms with van der Waals surface area (Å²) in [5, 5.41) is 5.33. The highest BCUT2D eigenvalue weighted by Gasteiger charge is 2.48. The van der Waals surface area contributed by atoms with Crippen LogP contribution in [0, 0.1) is 0 Å². The third-order valence-corrected chi connectivity index (χ3v) is 29.0. The van der Waals surface area contributed by atoms with Crippen LogP contribution in [0.1, 0.15) is 264 Å². The maximum Gasteiger partial charge on any atom is 0.0713 e. The topological polar surface area (TPSA) is 0 Å². The smallest absolute Gasteiger partial charge is 0.0683 e. The first-order valence-corrected chi connectivity index (χ1v) is 52.7. The summed E-state index contributed by atoms with van der Waals surface area (Å²) in [6.45, 7) is 49.5. The van der Waals surface area contributed by atoms with Gasteiger partial charge in [-0.2, -0.15) is 0 Å². The van der Waals surface area contributed by atoms with Crippen LogP contribution in [0.25, 0.3) is 99.4 Å². The van der Waals surface area contributed by atoms with Gasteiger partial charge in [-0.25, -0.2) is 0 Å². The average molecular weight is 1880 g/mol. The van der Waals surface area contributed by atoms with Crippen molar-refractivity contribution in [3.8, 4) is 77.9 Å². The quantitative estimate of drug-likeness (QED) is 0.149. The van der Waals surface area contributed by atoms with Crippen LogP contribution < -0.4 is 0 Å². The molecule has 0 nitrogen and oxygen atoms in total. The molecule has 0 aliphatic heterocycles. The zero-order valence-corrected chi connectivity index (χ0v) is 89.6. The number of benzene rings is 19. The summed E-state index contributed by atoms with van der Waals surface area (Å²) in [6, 6.07) is 159. The van der Waals surface area contributed by atoms with E-state index in [1.807, 2.05) is 27.7 Å². The molecule has 4 aliphatic rings. The first-order chi connectivity index (χ1) is 69.3. The largest absolute Gasteiger partial charge is 0.0713 e. The summed E-state index contributed by atoms with van der Waals surface area (Å²) in [4.78, 5) is 0. The van der Waals surface area contributed by atoms with Crippen LogP contribution in [0.15, 0.2) is 437 Å². The molecule has 4 aliphatic carbocycles. The molecule has 0 heteroatoms. The van der Waals surface area contributed by atoms with E-state index < -0.39 is 0 Å². The molecular weight excluding hydrogens is 1730 g/mol. The van der Waals surface area contributed by atoms with Crippen molar-refractivity contribution in [1.82, 2.24) is 0 Å². The molecule has 0 fully saturated rings. The lowest BCUT2D eigenvalue weighted by Crippen LogP contribution is -2.28. The fraction of sp³-hybridized carbons (Fsp3) is 0.236. The van der Waals surface area contributed by atoms with Crippen LogP contribution in [0.2, 0.25) is 0 Å². The number of hydrogen-bond donors (Lipinski definition) is 0. The summed E-state index contributed by atoms with van der Waals surface area (Å²) in [7, 11) is 0.